The van der Waals surface area contributed by atoms with Crippen LogP contribution in [0.4, 0.5) is 11.4 Å². The number of hydrogen-bond donors (Lipinski definition) is 1. The lowest BCUT2D eigenvalue weighted by Gasteiger charge is -2.37. The van der Waals surface area contributed by atoms with Gasteiger partial charge in [-0.05, 0) is 42.9 Å². The van der Waals surface area contributed by atoms with Crippen LogP contribution in [-0.2, 0) is 0 Å². The van der Waals surface area contributed by atoms with Crippen molar-refractivity contribution in [1.29, 1.82) is 0 Å². The molecular weight excluding hydrogens is 264 g/mol. The Balaban J connectivity index is 1.66. The number of rotatable bonds is 4. The maximum Gasteiger partial charge on any atom is 0.292 e. The predicted molar refractivity (Wildman–Crippen MR) is 83.7 cm³/mol. The molecule has 0 heterocycles. The Morgan fingerprint density at radius 3 is 2.48 bits per heavy atom. The van der Waals surface area contributed by atoms with Gasteiger partial charge >= 0.3 is 0 Å². The fourth-order valence-corrected chi connectivity index (χ4v) is 3.01. The van der Waals surface area contributed by atoms with E-state index in [-0.39, 0.29) is 10.6 Å². The third kappa shape index (κ3) is 2.75. The van der Waals surface area contributed by atoms with Crippen molar-refractivity contribution in [2.75, 3.05) is 5.32 Å². The SMILES string of the molecule is Cc1ccccc1C1CC(Nc2ccccc2[N+](=O)[O-])C1. The molecule has 0 spiro atoms. The lowest BCUT2D eigenvalue weighted by atomic mass is 9.74. The summed E-state index contributed by atoms with van der Waals surface area (Å²) in [4.78, 5) is 10.7. The topological polar surface area (TPSA) is 55.2 Å². The molecule has 1 aliphatic rings. The minimum Gasteiger partial charge on any atom is -0.377 e. The molecule has 1 N–H and O–H groups in total. The molecule has 108 valence electrons. The van der Waals surface area contributed by atoms with E-state index in [1.54, 1.807) is 18.2 Å². The lowest BCUT2D eigenvalue weighted by molar-refractivity contribution is -0.384. The van der Waals surface area contributed by atoms with Gasteiger partial charge in [0.25, 0.3) is 5.69 Å². The third-order valence-corrected chi connectivity index (χ3v) is 4.23. The predicted octanol–water partition coefficient (Wildman–Crippen LogP) is 4.26. The Morgan fingerprint density at radius 1 is 1.10 bits per heavy atom. The van der Waals surface area contributed by atoms with Gasteiger partial charge in [0.05, 0.1) is 4.92 Å². The van der Waals surface area contributed by atoms with Crippen molar-refractivity contribution in [3.05, 3.63) is 69.8 Å². The van der Waals surface area contributed by atoms with Crippen molar-refractivity contribution in [2.24, 2.45) is 0 Å². The van der Waals surface area contributed by atoms with Crippen LogP contribution < -0.4 is 5.32 Å². The number of para-hydroxylation sites is 2. The lowest BCUT2D eigenvalue weighted by Crippen LogP contribution is -2.34. The van der Waals surface area contributed by atoms with Gasteiger partial charge in [0.15, 0.2) is 0 Å². The summed E-state index contributed by atoms with van der Waals surface area (Å²) in [5.74, 6) is 0.562. The number of nitro groups is 1. The van der Waals surface area contributed by atoms with Crippen molar-refractivity contribution in [1.82, 2.24) is 0 Å². The Labute approximate surface area is 124 Å². The maximum absolute atomic E-state index is 11.0. The standard InChI is InChI=1S/C17H18N2O2/c1-12-6-2-3-7-15(12)13-10-14(11-13)18-16-8-4-5-9-17(16)19(20)21/h2-9,13-14,18H,10-11H2,1H3. The van der Waals surface area contributed by atoms with Crippen LogP contribution in [0.2, 0.25) is 0 Å². The second-order valence-electron chi connectivity index (χ2n) is 5.64. The average Bonchev–Trinajstić information content (AvgIpc) is 2.44. The van der Waals surface area contributed by atoms with E-state index < -0.39 is 0 Å². The van der Waals surface area contributed by atoms with E-state index in [9.17, 15) is 10.1 Å². The van der Waals surface area contributed by atoms with Gasteiger partial charge in [-0.3, -0.25) is 10.1 Å². The zero-order chi connectivity index (χ0) is 14.8. The number of hydrogen-bond acceptors (Lipinski definition) is 3. The van der Waals surface area contributed by atoms with Crippen LogP contribution >= 0.6 is 0 Å². The molecule has 0 atom stereocenters. The van der Waals surface area contributed by atoms with Crippen molar-refractivity contribution in [3.8, 4) is 0 Å². The summed E-state index contributed by atoms with van der Waals surface area (Å²) in [7, 11) is 0. The van der Waals surface area contributed by atoms with E-state index in [2.05, 4.69) is 36.5 Å². The van der Waals surface area contributed by atoms with E-state index >= 15 is 0 Å². The van der Waals surface area contributed by atoms with Crippen LogP contribution in [0.15, 0.2) is 48.5 Å². The summed E-state index contributed by atoms with van der Waals surface area (Å²) >= 11 is 0. The van der Waals surface area contributed by atoms with Gasteiger partial charge in [0, 0.05) is 12.1 Å². The Bertz CT molecular complexity index is 663. The van der Waals surface area contributed by atoms with Gasteiger partial charge in [0.2, 0.25) is 0 Å². The summed E-state index contributed by atoms with van der Waals surface area (Å²) in [5, 5.41) is 14.3. The molecule has 0 bridgehead atoms. The first kappa shape index (κ1) is 13.6. The van der Waals surface area contributed by atoms with Crippen molar-refractivity contribution >= 4 is 11.4 Å². The van der Waals surface area contributed by atoms with Gasteiger partial charge in [-0.25, -0.2) is 0 Å². The molecule has 0 saturated heterocycles. The molecule has 1 saturated carbocycles. The number of nitrogens with one attached hydrogen (secondary N) is 1. The van der Waals surface area contributed by atoms with Crippen molar-refractivity contribution < 1.29 is 4.92 Å². The monoisotopic (exact) mass is 282 g/mol. The number of anilines is 1. The summed E-state index contributed by atoms with van der Waals surface area (Å²) < 4.78 is 0. The number of benzene rings is 2. The second-order valence-corrected chi connectivity index (χ2v) is 5.64. The molecule has 2 aromatic carbocycles. The van der Waals surface area contributed by atoms with Crippen molar-refractivity contribution in [3.63, 3.8) is 0 Å². The summed E-state index contributed by atoms with van der Waals surface area (Å²) in [5.41, 5.74) is 3.50. The molecule has 4 nitrogen and oxygen atoms in total. The molecule has 1 aliphatic carbocycles. The average molecular weight is 282 g/mol. The Kier molecular flexibility index (Phi) is 3.60. The highest BCUT2D eigenvalue weighted by Gasteiger charge is 2.32. The van der Waals surface area contributed by atoms with Gasteiger partial charge in [-0.1, -0.05) is 36.4 Å². The molecule has 0 radical (unpaired) electrons. The third-order valence-electron chi connectivity index (χ3n) is 4.23. The highest BCUT2D eigenvalue weighted by molar-refractivity contribution is 5.62. The molecule has 3 rings (SSSR count). The number of nitrogens with zero attached hydrogens (tertiary/aromatic N) is 1. The summed E-state index contributed by atoms with van der Waals surface area (Å²) in [6.07, 6.45) is 2.05. The first-order valence-corrected chi connectivity index (χ1v) is 7.20. The smallest absolute Gasteiger partial charge is 0.292 e. The number of nitro benzene ring substituents is 1. The number of aryl methyl sites for hydroxylation is 1. The van der Waals surface area contributed by atoms with Gasteiger partial charge in [-0.2, -0.15) is 0 Å². The molecule has 0 aromatic heterocycles. The molecule has 0 amide bonds. The normalized spacial score (nSPS) is 20.6. The van der Waals surface area contributed by atoms with E-state index in [0.717, 1.165) is 12.8 Å². The highest BCUT2D eigenvalue weighted by Crippen LogP contribution is 2.40. The molecular formula is C17H18N2O2. The zero-order valence-corrected chi connectivity index (χ0v) is 12.0. The van der Waals surface area contributed by atoms with E-state index in [1.165, 1.54) is 11.1 Å². The molecule has 0 unspecified atom stereocenters. The quantitative estimate of drug-likeness (QED) is 0.673. The Hall–Kier alpha value is -2.36. The molecule has 21 heavy (non-hydrogen) atoms. The van der Waals surface area contributed by atoms with Crippen LogP contribution in [0.25, 0.3) is 0 Å². The van der Waals surface area contributed by atoms with Crippen LogP contribution in [0.3, 0.4) is 0 Å². The Morgan fingerprint density at radius 2 is 1.76 bits per heavy atom. The van der Waals surface area contributed by atoms with E-state index in [0.29, 0.717) is 17.6 Å². The van der Waals surface area contributed by atoms with Crippen LogP contribution in [-0.4, -0.2) is 11.0 Å². The first-order valence-electron chi connectivity index (χ1n) is 7.20. The largest absolute Gasteiger partial charge is 0.377 e. The maximum atomic E-state index is 11.0. The van der Waals surface area contributed by atoms with Crippen LogP contribution in [0, 0.1) is 17.0 Å². The minimum atomic E-state index is -0.334. The summed E-state index contributed by atoms with van der Waals surface area (Å²) in [6.45, 7) is 2.14. The molecule has 1 fully saturated rings. The first-order chi connectivity index (χ1) is 10.1. The van der Waals surface area contributed by atoms with Crippen molar-refractivity contribution in [2.45, 2.75) is 31.7 Å². The van der Waals surface area contributed by atoms with E-state index in [4.69, 9.17) is 0 Å². The second kappa shape index (κ2) is 5.56. The molecule has 4 heteroatoms. The summed E-state index contributed by atoms with van der Waals surface area (Å²) in [6, 6.07) is 15.6. The van der Waals surface area contributed by atoms with E-state index in [1.807, 2.05) is 6.07 Å². The van der Waals surface area contributed by atoms with Crippen LogP contribution in [0.1, 0.15) is 29.9 Å². The van der Waals surface area contributed by atoms with Crippen LogP contribution in [0.5, 0.6) is 0 Å². The fraction of sp³-hybridized carbons (Fsp3) is 0.294. The molecule has 2 aromatic rings. The zero-order valence-electron chi connectivity index (χ0n) is 12.0. The minimum absolute atomic E-state index is 0.150. The van der Waals surface area contributed by atoms with Gasteiger partial charge in [-0.15, -0.1) is 0 Å². The van der Waals surface area contributed by atoms with Gasteiger partial charge in [0.1, 0.15) is 5.69 Å². The highest BCUT2D eigenvalue weighted by atomic mass is 16.6. The van der Waals surface area contributed by atoms with Gasteiger partial charge < -0.3 is 5.32 Å². The molecule has 0 aliphatic heterocycles. The fourth-order valence-electron chi connectivity index (χ4n) is 3.01.